The zero-order valence-corrected chi connectivity index (χ0v) is 17.9. The van der Waals surface area contributed by atoms with Gasteiger partial charge in [0.2, 0.25) is 0 Å². The number of benzene rings is 2. The van der Waals surface area contributed by atoms with E-state index in [1.54, 1.807) is 69.7 Å². The first-order valence-electron chi connectivity index (χ1n) is 9.83. The van der Waals surface area contributed by atoms with Crippen LogP contribution in [0, 0.1) is 0 Å². The van der Waals surface area contributed by atoms with Gasteiger partial charge >= 0.3 is 11.9 Å². The first-order chi connectivity index (χ1) is 14.9. The Morgan fingerprint density at radius 1 is 0.806 bits per heavy atom. The lowest BCUT2D eigenvalue weighted by molar-refractivity contribution is -0.236. The molecule has 1 aliphatic heterocycles. The molecular weight excluding hydrogens is 404 g/mol. The molecule has 0 unspecified atom stereocenters. The van der Waals surface area contributed by atoms with Crippen molar-refractivity contribution in [3.8, 4) is 11.5 Å². The van der Waals surface area contributed by atoms with Crippen molar-refractivity contribution in [1.82, 2.24) is 0 Å². The van der Waals surface area contributed by atoms with Crippen molar-refractivity contribution in [2.24, 2.45) is 0 Å². The molecule has 4 atom stereocenters. The molecule has 1 heterocycles. The topological polar surface area (TPSA) is 89.5 Å². The van der Waals surface area contributed by atoms with Crippen LogP contribution < -0.4 is 9.47 Å². The summed E-state index contributed by atoms with van der Waals surface area (Å²) < 4.78 is 32.6. The Bertz CT molecular complexity index is 877. The summed E-state index contributed by atoms with van der Waals surface area (Å²) in [5.41, 5.74) is 0.705. The smallest absolute Gasteiger partial charge is 0.338 e. The fourth-order valence-corrected chi connectivity index (χ4v) is 3.29. The molecule has 0 N–H and O–H groups in total. The highest BCUT2D eigenvalue weighted by Crippen LogP contribution is 2.28. The molecule has 0 radical (unpaired) electrons. The van der Waals surface area contributed by atoms with Gasteiger partial charge in [0.25, 0.3) is 0 Å². The van der Waals surface area contributed by atoms with E-state index in [1.807, 2.05) is 0 Å². The second kappa shape index (κ2) is 10.3. The zero-order chi connectivity index (χ0) is 22.4. The molecule has 0 amide bonds. The number of ether oxygens (including phenoxy) is 6. The molecule has 3 rings (SSSR count). The number of carbonyl (C=O) groups excluding carboxylic acids is 2. The molecule has 0 spiro atoms. The molecule has 31 heavy (non-hydrogen) atoms. The lowest BCUT2D eigenvalue weighted by Gasteiger charge is -2.38. The van der Waals surface area contributed by atoms with Crippen molar-refractivity contribution in [2.45, 2.75) is 37.9 Å². The summed E-state index contributed by atoms with van der Waals surface area (Å²) >= 11 is 0. The van der Waals surface area contributed by atoms with Crippen LogP contribution in [0.25, 0.3) is 0 Å². The van der Waals surface area contributed by atoms with Crippen molar-refractivity contribution in [3.05, 3.63) is 59.7 Å². The van der Waals surface area contributed by atoms with Crippen molar-refractivity contribution in [2.75, 3.05) is 21.3 Å². The van der Waals surface area contributed by atoms with Crippen LogP contribution in [-0.4, -0.2) is 57.9 Å². The lowest BCUT2D eigenvalue weighted by Crippen LogP contribution is -2.51. The minimum Gasteiger partial charge on any atom is -0.497 e. The van der Waals surface area contributed by atoms with Crippen LogP contribution >= 0.6 is 0 Å². The molecule has 2 aromatic carbocycles. The van der Waals surface area contributed by atoms with Crippen LogP contribution in [0.5, 0.6) is 11.5 Å². The summed E-state index contributed by atoms with van der Waals surface area (Å²) in [4.78, 5) is 25.4. The maximum absolute atomic E-state index is 12.7. The monoisotopic (exact) mass is 430 g/mol. The minimum absolute atomic E-state index is 0.225. The summed E-state index contributed by atoms with van der Waals surface area (Å²) in [6.07, 6.45) is -2.45. The summed E-state index contributed by atoms with van der Waals surface area (Å²) in [6, 6.07) is 13.1. The quantitative estimate of drug-likeness (QED) is 0.619. The van der Waals surface area contributed by atoms with Gasteiger partial charge in [-0.2, -0.15) is 0 Å². The predicted molar refractivity (Wildman–Crippen MR) is 110 cm³/mol. The standard InChI is InChI=1S/C23H26O8/c1-14-21(31-23(25)16-7-11-18(27-3)12-8-16)19(13-20(28-4)29-14)30-22(24)15-5-9-17(26-2)10-6-15/h5-12,14,19-21H,13H2,1-4H3/t14-,19+,20+,21-/m1/s1. The Hall–Kier alpha value is -3.10. The third-order valence-corrected chi connectivity index (χ3v) is 5.04. The van der Waals surface area contributed by atoms with Gasteiger partial charge in [-0.3, -0.25) is 0 Å². The second-order valence-electron chi connectivity index (χ2n) is 7.01. The van der Waals surface area contributed by atoms with Gasteiger partial charge in [-0.1, -0.05) is 0 Å². The van der Waals surface area contributed by atoms with Gasteiger partial charge in [0, 0.05) is 13.5 Å². The van der Waals surface area contributed by atoms with Crippen molar-refractivity contribution in [3.63, 3.8) is 0 Å². The zero-order valence-electron chi connectivity index (χ0n) is 17.9. The van der Waals surface area contributed by atoms with E-state index < -0.39 is 36.5 Å². The van der Waals surface area contributed by atoms with Crippen LogP contribution in [0.4, 0.5) is 0 Å². The molecule has 1 saturated heterocycles. The van der Waals surface area contributed by atoms with E-state index in [9.17, 15) is 9.59 Å². The average Bonchev–Trinajstić information content (AvgIpc) is 2.80. The lowest BCUT2D eigenvalue weighted by atomic mass is 10.0. The van der Waals surface area contributed by atoms with Crippen LogP contribution in [-0.2, 0) is 18.9 Å². The van der Waals surface area contributed by atoms with Crippen molar-refractivity contribution >= 4 is 11.9 Å². The van der Waals surface area contributed by atoms with Gasteiger partial charge in [-0.25, -0.2) is 9.59 Å². The average molecular weight is 430 g/mol. The molecule has 1 aliphatic rings. The van der Waals surface area contributed by atoms with Gasteiger partial charge in [0.15, 0.2) is 12.4 Å². The first kappa shape index (κ1) is 22.6. The largest absolute Gasteiger partial charge is 0.497 e. The molecule has 0 saturated carbocycles. The maximum Gasteiger partial charge on any atom is 0.338 e. The highest BCUT2D eigenvalue weighted by atomic mass is 16.7. The van der Waals surface area contributed by atoms with Crippen LogP contribution in [0.2, 0.25) is 0 Å². The third kappa shape index (κ3) is 5.53. The number of hydrogen-bond donors (Lipinski definition) is 0. The molecule has 0 aromatic heterocycles. The van der Waals surface area contributed by atoms with Crippen LogP contribution in [0.1, 0.15) is 34.1 Å². The molecule has 0 aliphatic carbocycles. The van der Waals surface area contributed by atoms with E-state index in [4.69, 9.17) is 28.4 Å². The normalized spacial score (nSPS) is 23.0. The fourth-order valence-electron chi connectivity index (χ4n) is 3.29. The Kier molecular flexibility index (Phi) is 7.49. The Balaban J connectivity index is 1.74. The Morgan fingerprint density at radius 3 is 1.74 bits per heavy atom. The fraction of sp³-hybridized carbons (Fsp3) is 0.391. The number of esters is 2. The third-order valence-electron chi connectivity index (χ3n) is 5.04. The SMILES string of the molecule is COc1ccc(C(=O)O[C@H]2[C@@H](OC(=O)c3ccc(OC)cc3)C[C@@H](OC)O[C@@H]2C)cc1. The van der Waals surface area contributed by atoms with E-state index in [0.717, 1.165) is 0 Å². The highest BCUT2D eigenvalue weighted by molar-refractivity contribution is 5.90. The Morgan fingerprint density at radius 2 is 1.29 bits per heavy atom. The summed E-state index contributed by atoms with van der Waals surface area (Å²) in [7, 11) is 4.59. The summed E-state index contributed by atoms with van der Waals surface area (Å²) in [6.45, 7) is 1.74. The number of methoxy groups -OCH3 is 3. The van der Waals surface area contributed by atoms with Gasteiger partial charge < -0.3 is 28.4 Å². The number of carbonyl (C=O) groups is 2. The van der Waals surface area contributed by atoms with Gasteiger partial charge in [-0.15, -0.1) is 0 Å². The molecule has 8 nitrogen and oxygen atoms in total. The van der Waals surface area contributed by atoms with Crippen molar-refractivity contribution < 1.29 is 38.0 Å². The molecular formula is C23H26O8. The van der Waals surface area contributed by atoms with Crippen molar-refractivity contribution in [1.29, 1.82) is 0 Å². The van der Waals surface area contributed by atoms with E-state index in [1.165, 1.54) is 7.11 Å². The molecule has 0 bridgehead atoms. The van der Waals surface area contributed by atoms with E-state index in [-0.39, 0.29) is 6.42 Å². The van der Waals surface area contributed by atoms with Crippen LogP contribution in [0.3, 0.4) is 0 Å². The predicted octanol–water partition coefficient (Wildman–Crippen LogP) is 3.24. The number of hydrogen-bond acceptors (Lipinski definition) is 8. The van der Waals surface area contributed by atoms with Crippen LogP contribution in [0.15, 0.2) is 48.5 Å². The Labute approximate surface area is 181 Å². The van der Waals surface area contributed by atoms with E-state index in [2.05, 4.69) is 0 Å². The molecule has 1 fully saturated rings. The summed E-state index contributed by atoms with van der Waals surface area (Å²) in [5, 5.41) is 0. The molecule has 166 valence electrons. The maximum atomic E-state index is 12.7. The highest BCUT2D eigenvalue weighted by Gasteiger charge is 2.42. The number of rotatable bonds is 7. The summed E-state index contributed by atoms with van der Waals surface area (Å²) in [5.74, 6) is 0.161. The molecule has 8 heteroatoms. The molecule has 2 aromatic rings. The van der Waals surface area contributed by atoms with Gasteiger partial charge in [0.1, 0.15) is 17.6 Å². The van der Waals surface area contributed by atoms with E-state index in [0.29, 0.717) is 22.6 Å². The van der Waals surface area contributed by atoms with Gasteiger partial charge in [-0.05, 0) is 55.5 Å². The first-order valence-corrected chi connectivity index (χ1v) is 9.83. The second-order valence-corrected chi connectivity index (χ2v) is 7.01. The van der Waals surface area contributed by atoms with Gasteiger partial charge in [0.05, 0.1) is 31.5 Å². The van der Waals surface area contributed by atoms with E-state index >= 15 is 0 Å². The minimum atomic E-state index is -0.803.